The largest absolute Gasteiger partial charge is 0.361 e. The summed E-state index contributed by atoms with van der Waals surface area (Å²) in [6.07, 6.45) is 1.43. The van der Waals surface area contributed by atoms with Crippen LogP contribution in [0, 0.1) is 12.7 Å². The molecule has 1 atom stereocenters. The molecule has 94 valence electrons. The Hall–Kier alpha value is -1.61. The maximum Gasteiger partial charge on any atom is 0.166 e. The van der Waals surface area contributed by atoms with Crippen molar-refractivity contribution in [2.24, 2.45) is 0 Å². The van der Waals surface area contributed by atoms with E-state index in [2.05, 4.69) is 10.3 Å². The lowest BCUT2D eigenvalue weighted by Crippen LogP contribution is -2.10. The fourth-order valence-corrected chi connectivity index (χ4v) is 2.02. The van der Waals surface area contributed by atoms with Crippen LogP contribution in [-0.2, 0) is 0 Å². The molecule has 1 unspecified atom stereocenters. The Morgan fingerprint density at radius 1 is 1.33 bits per heavy atom. The first kappa shape index (κ1) is 12.8. The lowest BCUT2D eigenvalue weighted by Gasteiger charge is -2.17. The summed E-state index contributed by atoms with van der Waals surface area (Å²) in [4.78, 5) is 3.95. The Morgan fingerprint density at radius 3 is 2.72 bits per heavy atom. The number of aromatic nitrogens is 1. The number of rotatable bonds is 3. The van der Waals surface area contributed by atoms with Gasteiger partial charge in [-0.3, -0.25) is 0 Å². The van der Waals surface area contributed by atoms with Gasteiger partial charge in [0.1, 0.15) is 0 Å². The lowest BCUT2D eigenvalue weighted by molar-refractivity contribution is 0.621. The fourth-order valence-electron chi connectivity index (χ4n) is 1.88. The van der Waals surface area contributed by atoms with Gasteiger partial charge in [-0.1, -0.05) is 35.9 Å². The van der Waals surface area contributed by atoms with E-state index in [4.69, 9.17) is 11.6 Å². The van der Waals surface area contributed by atoms with Crippen molar-refractivity contribution < 1.29 is 4.39 Å². The molecule has 2 rings (SSSR count). The molecule has 1 aromatic carbocycles. The average Bonchev–Trinajstić information content (AvgIpc) is 2.33. The van der Waals surface area contributed by atoms with Gasteiger partial charge in [-0.05, 0) is 31.0 Å². The summed E-state index contributed by atoms with van der Waals surface area (Å²) in [5.41, 5.74) is 2.28. The molecule has 0 bridgehead atoms. The van der Waals surface area contributed by atoms with Crippen LogP contribution in [0.1, 0.15) is 24.1 Å². The topological polar surface area (TPSA) is 24.9 Å². The molecule has 18 heavy (non-hydrogen) atoms. The van der Waals surface area contributed by atoms with E-state index in [-0.39, 0.29) is 11.9 Å². The van der Waals surface area contributed by atoms with Gasteiger partial charge in [0.25, 0.3) is 0 Å². The van der Waals surface area contributed by atoms with E-state index in [0.29, 0.717) is 5.02 Å². The summed E-state index contributed by atoms with van der Waals surface area (Å²) < 4.78 is 13.6. The van der Waals surface area contributed by atoms with Gasteiger partial charge < -0.3 is 5.32 Å². The highest BCUT2D eigenvalue weighted by Crippen LogP contribution is 2.23. The summed E-state index contributed by atoms with van der Waals surface area (Å²) in [5.74, 6) is -0.224. The van der Waals surface area contributed by atoms with Crippen molar-refractivity contribution in [2.75, 3.05) is 5.32 Å². The third kappa shape index (κ3) is 2.79. The molecule has 1 N–H and O–H groups in total. The summed E-state index contributed by atoms with van der Waals surface area (Å²) in [5, 5.41) is 3.34. The zero-order chi connectivity index (χ0) is 13.1. The zero-order valence-electron chi connectivity index (χ0n) is 10.2. The Morgan fingerprint density at radius 2 is 2.06 bits per heavy atom. The van der Waals surface area contributed by atoms with Crippen LogP contribution in [0.5, 0.6) is 0 Å². The number of nitrogens with one attached hydrogen (secondary N) is 1. The van der Waals surface area contributed by atoms with E-state index in [1.165, 1.54) is 12.3 Å². The van der Waals surface area contributed by atoms with E-state index < -0.39 is 5.82 Å². The van der Waals surface area contributed by atoms with Crippen LogP contribution in [0.15, 0.2) is 36.5 Å². The average molecular weight is 265 g/mol. The van der Waals surface area contributed by atoms with Gasteiger partial charge in [0.2, 0.25) is 0 Å². The van der Waals surface area contributed by atoms with Crippen LogP contribution < -0.4 is 5.32 Å². The summed E-state index contributed by atoms with van der Waals surface area (Å²) in [6, 6.07) is 9.22. The summed E-state index contributed by atoms with van der Waals surface area (Å²) in [6.45, 7) is 4.00. The molecule has 0 aliphatic carbocycles. The highest BCUT2D eigenvalue weighted by Gasteiger charge is 2.11. The van der Waals surface area contributed by atoms with Gasteiger partial charge in [0.05, 0.1) is 11.1 Å². The Kier molecular flexibility index (Phi) is 3.82. The SMILES string of the molecule is Cc1ccccc1C(C)Nc1ncc(Cl)cc1F. The number of hydrogen-bond donors (Lipinski definition) is 1. The number of pyridine rings is 1. The lowest BCUT2D eigenvalue weighted by atomic mass is 10.0. The van der Waals surface area contributed by atoms with Gasteiger partial charge in [0.15, 0.2) is 11.6 Å². The first-order chi connectivity index (χ1) is 8.58. The molecular weight excluding hydrogens is 251 g/mol. The molecule has 0 saturated heterocycles. The number of hydrogen-bond acceptors (Lipinski definition) is 2. The predicted octanol–water partition coefficient (Wildman–Crippen LogP) is 4.36. The molecule has 0 aliphatic rings. The van der Waals surface area contributed by atoms with Gasteiger partial charge in [-0.15, -0.1) is 0 Å². The number of aryl methyl sites for hydroxylation is 1. The number of nitrogens with zero attached hydrogens (tertiary/aromatic N) is 1. The highest BCUT2D eigenvalue weighted by molar-refractivity contribution is 6.30. The summed E-state index contributed by atoms with van der Waals surface area (Å²) >= 11 is 5.67. The van der Waals surface area contributed by atoms with E-state index >= 15 is 0 Å². The van der Waals surface area contributed by atoms with Crippen molar-refractivity contribution in [2.45, 2.75) is 19.9 Å². The quantitative estimate of drug-likeness (QED) is 0.891. The van der Waals surface area contributed by atoms with E-state index in [1.807, 2.05) is 38.1 Å². The van der Waals surface area contributed by atoms with E-state index in [0.717, 1.165) is 11.1 Å². The van der Waals surface area contributed by atoms with Gasteiger partial charge in [-0.2, -0.15) is 0 Å². The van der Waals surface area contributed by atoms with E-state index in [1.54, 1.807) is 0 Å². The molecule has 0 fully saturated rings. The molecule has 0 radical (unpaired) electrons. The number of anilines is 1. The van der Waals surface area contributed by atoms with Crippen LogP contribution in [0.4, 0.5) is 10.2 Å². The van der Waals surface area contributed by atoms with Crippen LogP contribution in [-0.4, -0.2) is 4.98 Å². The van der Waals surface area contributed by atoms with Crippen molar-refractivity contribution in [3.8, 4) is 0 Å². The highest BCUT2D eigenvalue weighted by atomic mass is 35.5. The second-order valence-electron chi connectivity index (χ2n) is 4.21. The Bertz CT molecular complexity index is 557. The van der Waals surface area contributed by atoms with Crippen LogP contribution in [0.3, 0.4) is 0 Å². The van der Waals surface area contributed by atoms with Crippen molar-refractivity contribution in [1.29, 1.82) is 0 Å². The maximum absolute atomic E-state index is 13.6. The second kappa shape index (κ2) is 5.36. The molecule has 0 aliphatic heterocycles. The van der Waals surface area contributed by atoms with Crippen LogP contribution in [0.25, 0.3) is 0 Å². The third-order valence-electron chi connectivity index (χ3n) is 2.82. The van der Waals surface area contributed by atoms with Crippen LogP contribution >= 0.6 is 11.6 Å². The Labute approximate surface area is 111 Å². The molecule has 1 heterocycles. The van der Waals surface area contributed by atoms with Crippen molar-refractivity contribution in [3.05, 3.63) is 58.5 Å². The number of benzene rings is 1. The maximum atomic E-state index is 13.6. The first-order valence-electron chi connectivity index (χ1n) is 5.71. The minimum atomic E-state index is -0.442. The van der Waals surface area contributed by atoms with Gasteiger partial charge in [0, 0.05) is 6.20 Å². The Balaban J connectivity index is 2.21. The van der Waals surface area contributed by atoms with Crippen molar-refractivity contribution >= 4 is 17.4 Å². The van der Waals surface area contributed by atoms with Gasteiger partial charge >= 0.3 is 0 Å². The predicted molar refractivity (Wildman–Crippen MR) is 72.4 cm³/mol. The van der Waals surface area contributed by atoms with E-state index in [9.17, 15) is 4.39 Å². The molecule has 0 spiro atoms. The standard InChI is InChI=1S/C14H14ClFN2/c1-9-5-3-4-6-12(9)10(2)18-14-13(16)7-11(15)8-17-14/h3-8,10H,1-2H3,(H,17,18). The smallest absolute Gasteiger partial charge is 0.166 e. The molecule has 0 amide bonds. The molecular formula is C14H14ClFN2. The normalized spacial score (nSPS) is 12.2. The monoisotopic (exact) mass is 264 g/mol. The molecule has 4 heteroatoms. The molecule has 0 saturated carbocycles. The summed E-state index contributed by atoms with van der Waals surface area (Å²) in [7, 11) is 0. The number of halogens is 2. The first-order valence-corrected chi connectivity index (χ1v) is 6.09. The second-order valence-corrected chi connectivity index (χ2v) is 4.64. The molecule has 2 nitrogen and oxygen atoms in total. The fraction of sp³-hybridized carbons (Fsp3) is 0.214. The van der Waals surface area contributed by atoms with Crippen molar-refractivity contribution in [3.63, 3.8) is 0 Å². The van der Waals surface area contributed by atoms with Gasteiger partial charge in [-0.25, -0.2) is 9.37 Å². The third-order valence-corrected chi connectivity index (χ3v) is 3.02. The van der Waals surface area contributed by atoms with Crippen LogP contribution in [0.2, 0.25) is 5.02 Å². The zero-order valence-corrected chi connectivity index (χ0v) is 11.0. The minimum Gasteiger partial charge on any atom is -0.361 e. The minimum absolute atomic E-state index is 0.0191. The molecule has 1 aromatic heterocycles. The molecule has 2 aromatic rings. The van der Waals surface area contributed by atoms with Crippen molar-refractivity contribution in [1.82, 2.24) is 4.98 Å².